The van der Waals surface area contributed by atoms with E-state index in [4.69, 9.17) is 4.74 Å². The maximum Gasteiger partial charge on any atom is 0.226 e. The number of carbonyl (C=O) groups is 1. The van der Waals surface area contributed by atoms with Crippen molar-refractivity contribution in [3.63, 3.8) is 0 Å². The summed E-state index contributed by atoms with van der Waals surface area (Å²) in [7, 11) is 1.86. The van der Waals surface area contributed by atoms with E-state index in [0.29, 0.717) is 18.9 Å². The Morgan fingerprint density at radius 2 is 1.96 bits per heavy atom. The van der Waals surface area contributed by atoms with Crippen LogP contribution in [0.4, 0.5) is 5.69 Å². The van der Waals surface area contributed by atoms with Crippen LogP contribution in [0, 0.1) is 13.8 Å². The van der Waals surface area contributed by atoms with Crippen LogP contribution in [0.5, 0.6) is 5.75 Å². The molecular weight excluding hydrogens is 310 g/mol. The lowest BCUT2D eigenvalue weighted by Gasteiger charge is -2.23. The van der Waals surface area contributed by atoms with Gasteiger partial charge in [-0.05, 0) is 55.9 Å². The number of hydrogen-bond acceptors (Lipinski definition) is 2. The SMILES string of the molecule is CCC(=O)N(C)c1cccc(C2CC2)c1COc1ccc(C)cc1C. The summed E-state index contributed by atoms with van der Waals surface area (Å²) in [6.45, 7) is 6.55. The van der Waals surface area contributed by atoms with E-state index >= 15 is 0 Å². The van der Waals surface area contributed by atoms with Crippen molar-refractivity contribution < 1.29 is 9.53 Å². The van der Waals surface area contributed by atoms with Gasteiger partial charge in [0.25, 0.3) is 0 Å². The van der Waals surface area contributed by atoms with E-state index in [0.717, 1.165) is 22.6 Å². The van der Waals surface area contributed by atoms with Crippen molar-refractivity contribution in [3.8, 4) is 5.75 Å². The summed E-state index contributed by atoms with van der Waals surface area (Å²) in [5, 5.41) is 0. The third-order valence-corrected chi connectivity index (χ3v) is 4.95. The second kappa shape index (κ2) is 7.30. The Bertz CT molecular complexity index is 778. The van der Waals surface area contributed by atoms with Crippen molar-refractivity contribution in [1.82, 2.24) is 0 Å². The lowest BCUT2D eigenvalue weighted by Crippen LogP contribution is -2.26. The molecule has 2 aromatic carbocycles. The Kier molecular flexibility index (Phi) is 5.12. The molecule has 1 saturated carbocycles. The molecule has 1 aliphatic carbocycles. The second-order valence-corrected chi connectivity index (χ2v) is 6.98. The summed E-state index contributed by atoms with van der Waals surface area (Å²) in [5.41, 5.74) is 5.83. The monoisotopic (exact) mass is 337 g/mol. The Morgan fingerprint density at radius 3 is 2.60 bits per heavy atom. The predicted octanol–water partition coefficient (Wildman–Crippen LogP) is 5.13. The summed E-state index contributed by atoms with van der Waals surface area (Å²) in [6.07, 6.45) is 2.96. The molecule has 0 spiro atoms. The largest absolute Gasteiger partial charge is 0.489 e. The van der Waals surface area contributed by atoms with Gasteiger partial charge in [-0.15, -0.1) is 0 Å². The second-order valence-electron chi connectivity index (χ2n) is 6.98. The summed E-state index contributed by atoms with van der Waals surface area (Å²) in [4.78, 5) is 14.0. The van der Waals surface area contributed by atoms with Crippen LogP contribution in [0.25, 0.3) is 0 Å². The van der Waals surface area contributed by atoms with Gasteiger partial charge in [0.05, 0.1) is 5.69 Å². The number of benzene rings is 2. The van der Waals surface area contributed by atoms with Crippen LogP contribution in [-0.4, -0.2) is 13.0 Å². The van der Waals surface area contributed by atoms with Gasteiger partial charge >= 0.3 is 0 Å². The van der Waals surface area contributed by atoms with Crippen LogP contribution in [0.1, 0.15) is 54.4 Å². The highest BCUT2D eigenvalue weighted by molar-refractivity contribution is 5.93. The first-order valence-corrected chi connectivity index (χ1v) is 9.09. The minimum absolute atomic E-state index is 0.126. The molecule has 0 heterocycles. The minimum Gasteiger partial charge on any atom is -0.489 e. The summed E-state index contributed by atoms with van der Waals surface area (Å²) in [5.74, 6) is 1.65. The van der Waals surface area contributed by atoms with Crippen LogP contribution in [-0.2, 0) is 11.4 Å². The first-order chi connectivity index (χ1) is 12.0. The molecule has 0 saturated heterocycles. The number of ether oxygens (including phenoxy) is 1. The molecule has 0 N–H and O–H groups in total. The van der Waals surface area contributed by atoms with E-state index in [2.05, 4.69) is 38.1 Å². The number of hydrogen-bond donors (Lipinski definition) is 0. The van der Waals surface area contributed by atoms with Gasteiger partial charge in [0.15, 0.2) is 0 Å². The molecule has 0 unspecified atom stereocenters. The molecular formula is C22H27NO2. The molecule has 0 atom stereocenters. The Hall–Kier alpha value is -2.29. The Balaban J connectivity index is 1.91. The number of nitrogens with zero attached hydrogens (tertiary/aromatic N) is 1. The van der Waals surface area contributed by atoms with Crippen molar-refractivity contribution in [2.24, 2.45) is 0 Å². The standard InChI is InChI=1S/C22H27NO2/c1-5-22(24)23(4)20-8-6-7-18(17-10-11-17)19(20)14-25-21-12-9-15(2)13-16(21)3/h6-9,12-13,17H,5,10-11,14H2,1-4H3. The Labute approximate surface area is 150 Å². The maximum atomic E-state index is 12.2. The summed E-state index contributed by atoms with van der Waals surface area (Å²) >= 11 is 0. The third-order valence-electron chi connectivity index (χ3n) is 4.95. The topological polar surface area (TPSA) is 29.5 Å². The van der Waals surface area contributed by atoms with E-state index in [1.54, 1.807) is 4.90 Å². The highest BCUT2D eigenvalue weighted by atomic mass is 16.5. The Morgan fingerprint density at radius 1 is 1.20 bits per heavy atom. The highest BCUT2D eigenvalue weighted by Crippen LogP contribution is 2.44. The molecule has 1 fully saturated rings. The number of aryl methyl sites for hydroxylation is 2. The molecule has 132 valence electrons. The lowest BCUT2D eigenvalue weighted by molar-refractivity contribution is -0.118. The van der Waals surface area contributed by atoms with E-state index < -0.39 is 0 Å². The minimum atomic E-state index is 0.126. The third kappa shape index (κ3) is 3.87. The normalized spacial score (nSPS) is 13.6. The fraction of sp³-hybridized carbons (Fsp3) is 0.409. The van der Waals surface area contributed by atoms with E-state index in [-0.39, 0.29) is 5.91 Å². The van der Waals surface area contributed by atoms with E-state index in [1.807, 2.05) is 26.1 Å². The summed E-state index contributed by atoms with van der Waals surface area (Å²) in [6, 6.07) is 12.5. The van der Waals surface area contributed by atoms with Crippen molar-refractivity contribution in [2.75, 3.05) is 11.9 Å². The average Bonchev–Trinajstić information content (AvgIpc) is 3.44. The molecule has 1 amide bonds. The zero-order valence-corrected chi connectivity index (χ0v) is 15.6. The maximum absolute atomic E-state index is 12.2. The van der Waals surface area contributed by atoms with E-state index in [9.17, 15) is 4.79 Å². The molecule has 25 heavy (non-hydrogen) atoms. The molecule has 0 bridgehead atoms. The van der Waals surface area contributed by atoms with Crippen LogP contribution in [0.15, 0.2) is 36.4 Å². The average molecular weight is 337 g/mol. The number of rotatable bonds is 6. The molecule has 1 aliphatic rings. The fourth-order valence-electron chi connectivity index (χ4n) is 3.32. The van der Waals surface area contributed by atoms with Gasteiger partial charge < -0.3 is 9.64 Å². The van der Waals surface area contributed by atoms with Crippen molar-refractivity contribution in [3.05, 3.63) is 58.7 Å². The van der Waals surface area contributed by atoms with Gasteiger partial charge in [0.1, 0.15) is 12.4 Å². The first-order valence-electron chi connectivity index (χ1n) is 9.09. The zero-order chi connectivity index (χ0) is 18.0. The lowest BCUT2D eigenvalue weighted by atomic mass is 10.0. The van der Waals surface area contributed by atoms with Crippen molar-refractivity contribution >= 4 is 11.6 Å². The molecule has 0 aromatic heterocycles. The van der Waals surface area contributed by atoms with Crippen LogP contribution in [0.2, 0.25) is 0 Å². The van der Waals surface area contributed by atoms with Gasteiger partial charge in [-0.1, -0.05) is 36.8 Å². The van der Waals surface area contributed by atoms with E-state index in [1.165, 1.54) is 24.0 Å². The fourth-order valence-corrected chi connectivity index (χ4v) is 3.32. The van der Waals surface area contributed by atoms with Crippen molar-refractivity contribution in [1.29, 1.82) is 0 Å². The number of carbonyl (C=O) groups excluding carboxylic acids is 1. The smallest absolute Gasteiger partial charge is 0.226 e. The first kappa shape index (κ1) is 17.5. The number of amides is 1. The van der Waals surface area contributed by atoms with Crippen LogP contribution >= 0.6 is 0 Å². The predicted molar refractivity (Wildman–Crippen MR) is 102 cm³/mol. The van der Waals surface area contributed by atoms with Gasteiger partial charge in [-0.3, -0.25) is 4.79 Å². The molecule has 3 heteroatoms. The molecule has 0 radical (unpaired) electrons. The van der Waals surface area contributed by atoms with Gasteiger partial charge in [-0.25, -0.2) is 0 Å². The zero-order valence-electron chi connectivity index (χ0n) is 15.6. The van der Waals surface area contributed by atoms with Gasteiger partial charge in [0, 0.05) is 19.0 Å². The highest BCUT2D eigenvalue weighted by Gasteiger charge is 2.28. The molecule has 3 nitrogen and oxygen atoms in total. The van der Waals surface area contributed by atoms with Gasteiger partial charge in [-0.2, -0.15) is 0 Å². The molecule has 3 rings (SSSR count). The molecule has 2 aromatic rings. The summed E-state index contributed by atoms with van der Waals surface area (Å²) < 4.78 is 6.16. The van der Waals surface area contributed by atoms with Crippen LogP contribution in [0.3, 0.4) is 0 Å². The van der Waals surface area contributed by atoms with Gasteiger partial charge in [0.2, 0.25) is 5.91 Å². The van der Waals surface area contributed by atoms with Crippen LogP contribution < -0.4 is 9.64 Å². The number of anilines is 1. The van der Waals surface area contributed by atoms with Crippen molar-refractivity contribution in [2.45, 2.75) is 52.6 Å². The quantitative estimate of drug-likeness (QED) is 0.731. The molecule has 0 aliphatic heterocycles.